The lowest BCUT2D eigenvalue weighted by molar-refractivity contribution is 0.482. The zero-order valence-electron chi connectivity index (χ0n) is 16.2. The number of halogens is 1. The van der Waals surface area contributed by atoms with Gasteiger partial charge in [0.25, 0.3) is 10.0 Å². The molecule has 156 valence electrons. The van der Waals surface area contributed by atoms with Crippen LogP contribution in [0.1, 0.15) is 0 Å². The van der Waals surface area contributed by atoms with Gasteiger partial charge in [-0.05, 0) is 66.7 Å². The summed E-state index contributed by atoms with van der Waals surface area (Å²) in [4.78, 5) is 0.0820. The summed E-state index contributed by atoms with van der Waals surface area (Å²) < 4.78 is 40.0. The molecular formula is C24H18ClNO4S. The first-order chi connectivity index (χ1) is 15.0. The van der Waals surface area contributed by atoms with Crippen molar-refractivity contribution in [1.82, 2.24) is 0 Å². The fourth-order valence-corrected chi connectivity index (χ4v) is 4.03. The summed E-state index contributed by atoms with van der Waals surface area (Å²) >= 11 is 6.09. The quantitative estimate of drug-likeness (QED) is 0.338. The van der Waals surface area contributed by atoms with E-state index in [4.69, 9.17) is 21.1 Å². The van der Waals surface area contributed by atoms with Crippen LogP contribution in [0.5, 0.6) is 23.0 Å². The number of ether oxygens (including phenoxy) is 2. The Morgan fingerprint density at radius 2 is 1.19 bits per heavy atom. The molecule has 0 unspecified atom stereocenters. The fraction of sp³-hybridized carbons (Fsp3) is 0. The molecule has 0 atom stereocenters. The van der Waals surface area contributed by atoms with E-state index in [-0.39, 0.29) is 10.6 Å². The van der Waals surface area contributed by atoms with E-state index < -0.39 is 10.0 Å². The van der Waals surface area contributed by atoms with E-state index in [1.165, 1.54) is 18.2 Å². The van der Waals surface area contributed by atoms with Crippen LogP contribution < -0.4 is 14.2 Å². The first-order valence-electron chi connectivity index (χ1n) is 9.38. The molecule has 0 fully saturated rings. The number of benzene rings is 4. The molecule has 5 nitrogen and oxygen atoms in total. The Labute approximate surface area is 185 Å². The van der Waals surface area contributed by atoms with Gasteiger partial charge in [-0.25, -0.2) is 8.42 Å². The van der Waals surface area contributed by atoms with Gasteiger partial charge in [-0.2, -0.15) is 0 Å². The topological polar surface area (TPSA) is 64.6 Å². The number of hydrogen-bond acceptors (Lipinski definition) is 4. The highest BCUT2D eigenvalue weighted by Crippen LogP contribution is 2.34. The number of rotatable bonds is 7. The number of anilines is 1. The average Bonchev–Trinajstić information content (AvgIpc) is 2.77. The predicted molar refractivity (Wildman–Crippen MR) is 122 cm³/mol. The maximum atomic E-state index is 12.9. The first kappa shape index (κ1) is 20.8. The SMILES string of the molecule is O=S(=O)(Nc1cc(Cl)ccc1Oc1ccccc1)c1ccc(Oc2ccccc2)cc1. The second-order valence-corrected chi connectivity index (χ2v) is 8.67. The van der Waals surface area contributed by atoms with Crippen molar-refractivity contribution in [1.29, 1.82) is 0 Å². The molecule has 4 aromatic carbocycles. The van der Waals surface area contributed by atoms with Crippen molar-refractivity contribution in [2.24, 2.45) is 0 Å². The third kappa shape index (κ3) is 5.36. The van der Waals surface area contributed by atoms with Crippen molar-refractivity contribution < 1.29 is 17.9 Å². The van der Waals surface area contributed by atoms with E-state index >= 15 is 0 Å². The Hall–Kier alpha value is -3.48. The highest BCUT2D eigenvalue weighted by molar-refractivity contribution is 7.92. The van der Waals surface area contributed by atoms with Gasteiger partial charge in [0.15, 0.2) is 5.75 Å². The molecule has 31 heavy (non-hydrogen) atoms. The Kier molecular flexibility index (Phi) is 6.11. The number of para-hydroxylation sites is 2. The lowest BCUT2D eigenvalue weighted by atomic mass is 10.3. The maximum absolute atomic E-state index is 12.9. The fourth-order valence-electron chi connectivity index (χ4n) is 2.80. The van der Waals surface area contributed by atoms with E-state index in [9.17, 15) is 8.42 Å². The predicted octanol–water partition coefficient (Wildman–Crippen LogP) is 6.73. The summed E-state index contributed by atoms with van der Waals surface area (Å²) in [6.07, 6.45) is 0. The summed E-state index contributed by atoms with van der Waals surface area (Å²) in [5.74, 6) is 2.11. The molecule has 7 heteroatoms. The summed E-state index contributed by atoms with van der Waals surface area (Å²) in [6.45, 7) is 0. The molecule has 0 aliphatic carbocycles. The lowest BCUT2D eigenvalue weighted by Gasteiger charge is -2.14. The number of sulfonamides is 1. The Bertz CT molecular complexity index is 1260. The van der Waals surface area contributed by atoms with E-state index in [0.717, 1.165) is 0 Å². The van der Waals surface area contributed by atoms with Gasteiger partial charge in [0.2, 0.25) is 0 Å². The van der Waals surface area contributed by atoms with Gasteiger partial charge in [-0.1, -0.05) is 48.0 Å². The minimum absolute atomic E-state index is 0.0820. The average molecular weight is 452 g/mol. The summed E-state index contributed by atoms with van der Waals surface area (Å²) in [7, 11) is -3.88. The minimum Gasteiger partial charge on any atom is -0.457 e. The van der Waals surface area contributed by atoms with Gasteiger partial charge >= 0.3 is 0 Å². The van der Waals surface area contributed by atoms with Gasteiger partial charge in [0.1, 0.15) is 17.2 Å². The second-order valence-electron chi connectivity index (χ2n) is 6.55. The van der Waals surface area contributed by atoms with Crippen LogP contribution >= 0.6 is 11.6 Å². The van der Waals surface area contributed by atoms with Gasteiger partial charge in [-0.3, -0.25) is 4.72 Å². The van der Waals surface area contributed by atoms with Crippen molar-refractivity contribution in [3.8, 4) is 23.0 Å². The van der Waals surface area contributed by atoms with Crippen LogP contribution in [0.15, 0.2) is 108 Å². The molecule has 0 aliphatic rings. The largest absolute Gasteiger partial charge is 0.457 e. The monoisotopic (exact) mass is 451 g/mol. The third-order valence-corrected chi connectivity index (χ3v) is 5.89. The Balaban J connectivity index is 1.55. The zero-order valence-corrected chi connectivity index (χ0v) is 17.8. The van der Waals surface area contributed by atoms with Crippen LogP contribution in [0, 0.1) is 0 Å². The molecular weight excluding hydrogens is 434 g/mol. The van der Waals surface area contributed by atoms with Crippen molar-refractivity contribution in [3.63, 3.8) is 0 Å². The van der Waals surface area contributed by atoms with Crippen LogP contribution in [0.4, 0.5) is 5.69 Å². The van der Waals surface area contributed by atoms with E-state index in [0.29, 0.717) is 28.0 Å². The molecule has 0 saturated heterocycles. The minimum atomic E-state index is -3.88. The standard InChI is InChI=1S/C24H18ClNO4S/c25-18-11-16-24(30-20-9-5-2-6-10-20)23(17-18)26-31(27,28)22-14-12-21(13-15-22)29-19-7-3-1-4-8-19/h1-17,26H. The summed E-state index contributed by atoms with van der Waals surface area (Å²) in [5, 5.41) is 0.379. The molecule has 4 rings (SSSR count). The van der Waals surface area contributed by atoms with Crippen LogP contribution in [-0.2, 0) is 10.0 Å². The van der Waals surface area contributed by atoms with E-state index in [1.807, 2.05) is 48.5 Å². The first-order valence-corrected chi connectivity index (χ1v) is 11.2. The molecule has 4 aromatic rings. The molecule has 0 heterocycles. The maximum Gasteiger partial charge on any atom is 0.262 e. The van der Waals surface area contributed by atoms with Crippen LogP contribution in [0.3, 0.4) is 0 Å². The zero-order chi connectivity index (χ0) is 21.7. The normalized spacial score (nSPS) is 11.0. The lowest BCUT2D eigenvalue weighted by Crippen LogP contribution is -2.13. The molecule has 0 aliphatic heterocycles. The van der Waals surface area contributed by atoms with Crippen molar-refractivity contribution >= 4 is 27.3 Å². The molecule has 0 aromatic heterocycles. The van der Waals surface area contributed by atoms with Gasteiger partial charge < -0.3 is 9.47 Å². The molecule has 1 N–H and O–H groups in total. The Morgan fingerprint density at radius 1 is 0.645 bits per heavy atom. The summed E-state index contributed by atoms with van der Waals surface area (Å²) in [6, 6.07) is 29.2. The van der Waals surface area contributed by atoms with Crippen molar-refractivity contribution in [2.75, 3.05) is 4.72 Å². The molecule has 0 radical (unpaired) electrons. The van der Waals surface area contributed by atoms with Crippen LogP contribution in [0.25, 0.3) is 0 Å². The molecule has 0 amide bonds. The second kappa shape index (κ2) is 9.12. The molecule has 0 saturated carbocycles. The highest BCUT2D eigenvalue weighted by Gasteiger charge is 2.18. The number of nitrogens with one attached hydrogen (secondary N) is 1. The van der Waals surface area contributed by atoms with Crippen LogP contribution in [0.2, 0.25) is 5.02 Å². The van der Waals surface area contributed by atoms with E-state index in [1.54, 1.807) is 36.4 Å². The number of hydrogen-bond donors (Lipinski definition) is 1. The van der Waals surface area contributed by atoms with Gasteiger partial charge in [-0.15, -0.1) is 0 Å². The van der Waals surface area contributed by atoms with Crippen LogP contribution in [-0.4, -0.2) is 8.42 Å². The van der Waals surface area contributed by atoms with E-state index in [2.05, 4.69) is 4.72 Å². The third-order valence-electron chi connectivity index (χ3n) is 4.27. The van der Waals surface area contributed by atoms with Crippen molar-refractivity contribution in [2.45, 2.75) is 4.90 Å². The van der Waals surface area contributed by atoms with Gasteiger partial charge in [0.05, 0.1) is 10.6 Å². The molecule has 0 bridgehead atoms. The summed E-state index contributed by atoms with van der Waals surface area (Å²) in [5.41, 5.74) is 0.237. The van der Waals surface area contributed by atoms with Crippen molar-refractivity contribution in [3.05, 3.63) is 108 Å². The highest BCUT2D eigenvalue weighted by atomic mass is 35.5. The Morgan fingerprint density at radius 3 is 1.81 bits per heavy atom. The van der Waals surface area contributed by atoms with Gasteiger partial charge in [0, 0.05) is 5.02 Å². The smallest absolute Gasteiger partial charge is 0.262 e. The molecule has 0 spiro atoms.